The van der Waals surface area contributed by atoms with Gasteiger partial charge in [-0.25, -0.2) is 0 Å². The van der Waals surface area contributed by atoms with Gasteiger partial charge in [0, 0.05) is 122 Å². The summed E-state index contributed by atoms with van der Waals surface area (Å²) in [6.07, 6.45) is 0. The van der Waals surface area contributed by atoms with E-state index in [9.17, 15) is 0 Å². The van der Waals surface area contributed by atoms with E-state index >= 15 is 0 Å². The standard InChI is InChI=1S/C88H88O22/c1-89-67-23-46-48-26-72(94-6)50(28-71(48)93-5)52-30-76(98-10)54(32-75(52)97-9)56-34-80(102-14)58(36-79(56)101-13)60-38-84(106-18)62(40-83(60)105-17)64-42-88(110-22)66(44-87(64)109-21)65-43-85(107-19)63(41-86(65)108-20)61-39-81(103-15)59(37-82(61)104-16)57-35-77(99-11)55(33-78(57)100-12)53-31-73(95-7)51(29-74(53)96-8)49-27-69(91-3)47(25-70(49)92-4)45(67)24-68(46)90-2/h23-44H,1-22H3. The zero-order valence-electron chi connectivity index (χ0n) is 65.7. The predicted molar refractivity (Wildman–Crippen MR) is 424 cm³/mol. The van der Waals surface area contributed by atoms with Gasteiger partial charge in [0.1, 0.15) is 126 Å². The van der Waals surface area contributed by atoms with Crippen LogP contribution in [0.4, 0.5) is 0 Å². The molecule has 0 unspecified atom stereocenters. The Morgan fingerprint density at radius 1 is 0.0818 bits per heavy atom. The lowest BCUT2D eigenvalue weighted by Gasteiger charge is -2.23. The van der Waals surface area contributed by atoms with Crippen molar-refractivity contribution in [2.45, 2.75) is 0 Å². The van der Waals surface area contributed by atoms with Crippen molar-refractivity contribution >= 4 is 0 Å². The van der Waals surface area contributed by atoms with Crippen LogP contribution in [0.3, 0.4) is 0 Å². The minimum Gasteiger partial charge on any atom is -0.496 e. The van der Waals surface area contributed by atoms with Crippen molar-refractivity contribution in [1.82, 2.24) is 0 Å². The molecule has 0 radical (unpaired) electrons. The highest BCUT2D eigenvalue weighted by Crippen LogP contribution is 2.58. The molecule has 22 heteroatoms. The molecule has 0 heterocycles. The maximum atomic E-state index is 6.27. The van der Waals surface area contributed by atoms with Crippen LogP contribution < -0.4 is 104 Å². The molecule has 42 rings (SSSR count). The molecule has 22 bridgehead atoms. The summed E-state index contributed by atoms with van der Waals surface area (Å²) in [5, 5.41) is 0. The van der Waals surface area contributed by atoms with E-state index in [0.29, 0.717) is 249 Å². The topological polar surface area (TPSA) is 203 Å². The van der Waals surface area contributed by atoms with Crippen LogP contribution in [-0.4, -0.2) is 156 Å². The highest BCUT2D eigenvalue weighted by atomic mass is 16.5. The molecule has 572 valence electrons. The summed E-state index contributed by atoms with van der Waals surface area (Å²) in [4.78, 5) is 0. The third kappa shape index (κ3) is 13.3. The van der Waals surface area contributed by atoms with E-state index < -0.39 is 0 Å². The number of hydrogen-bond acceptors (Lipinski definition) is 22. The van der Waals surface area contributed by atoms with Crippen LogP contribution in [0.15, 0.2) is 133 Å². The van der Waals surface area contributed by atoms with Crippen LogP contribution in [-0.2, 0) is 0 Å². The molecule has 31 aliphatic rings. The first-order chi connectivity index (χ1) is 53.5. The third-order valence-electron chi connectivity index (χ3n) is 19.9. The molecular formula is C88H88O22. The van der Waals surface area contributed by atoms with E-state index in [1.165, 1.54) is 0 Å². The zero-order chi connectivity index (χ0) is 78.5. The summed E-state index contributed by atoms with van der Waals surface area (Å²) in [5.41, 5.74) is 13.6. The molecule has 0 saturated carbocycles. The highest BCUT2D eigenvalue weighted by Gasteiger charge is 2.32. The molecule has 31 aliphatic carbocycles. The summed E-state index contributed by atoms with van der Waals surface area (Å²) in [6.45, 7) is 0. The molecule has 11 aromatic rings. The molecule has 0 atom stereocenters. The summed E-state index contributed by atoms with van der Waals surface area (Å²) in [7, 11) is 35.1. The largest absolute Gasteiger partial charge is 0.496 e. The van der Waals surface area contributed by atoms with Crippen molar-refractivity contribution in [2.75, 3.05) is 156 Å². The number of rotatable bonds is 22. The number of ether oxygens (including phenoxy) is 22. The van der Waals surface area contributed by atoms with E-state index in [1.807, 2.05) is 133 Å². The quantitative estimate of drug-likeness (QED) is 0.0619. The second-order valence-electron chi connectivity index (χ2n) is 24.8. The lowest BCUT2D eigenvalue weighted by Crippen LogP contribution is -2.01. The molecule has 0 amide bonds. The van der Waals surface area contributed by atoms with Gasteiger partial charge in [0.15, 0.2) is 0 Å². The van der Waals surface area contributed by atoms with Crippen LogP contribution in [0.2, 0.25) is 0 Å². The molecule has 0 N–H and O–H groups in total. The average Bonchev–Trinajstić information content (AvgIpc) is 0.756. The molecule has 0 saturated heterocycles. The van der Waals surface area contributed by atoms with Gasteiger partial charge in [-0.2, -0.15) is 0 Å². The normalized spacial score (nSPS) is 11.0. The van der Waals surface area contributed by atoms with Crippen molar-refractivity contribution in [1.29, 1.82) is 0 Å². The maximum Gasteiger partial charge on any atom is 0.127 e. The van der Waals surface area contributed by atoms with Gasteiger partial charge in [-0.1, -0.05) is 0 Å². The van der Waals surface area contributed by atoms with Crippen molar-refractivity contribution in [2.24, 2.45) is 0 Å². The number of hydrogen-bond donors (Lipinski definition) is 0. The molecule has 0 spiro atoms. The van der Waals surface area contributed by atoms with Crippen LogP contribution >= 0.6 is 0 Å². The number of benzene rings is 11. The summed E-state index contributed by atoms with van der Waals surface area (Å²) < 4.78 is 138. The Balaban J connectivity index is 1.11. The highest BCUT2D eigenvalue weighted by molar-refractivity contribution is 5.98. The smallest absolute Gasteiger partial charge is 0.127 e. The fraction of sp³-hybridized carbons (Fsp3) is 0.250. The predicted octanol–water partition coefficient (Wildman–Crippen LogP) is 18.5. The first-order valence-corrected chi connectivity index (χ1v) is 34.4. The molecule has 0 aromatic heterocycles. The Morgan fingerprint density at radius 2 is 0.118 bits per heavy atom. The summed E-state index contributed by atoms with van der Waals surface area (Å²) >= 11 is 0. The first kappa shape index (κ1) is 76.7. The average molecular weight is 1500 g/mol. The van der Waals surface area contributed by atoms with Gasteiger partial charge in [-0.3, -0.25) is 0 Å². The number of methoxy groups -OCH3 is 22. The Labute approximate surface area is 640 Å². The van der Waals surface area contributed by atoms with Gasteiger partial charge in [0.05, 0.1) is 156 Å². The van der Waals surface area contributed by atoms with Crippen molar-refractivity contribution in [3.05, 3.63) is 133 Å². The Hall–Kier alpha value is -13.0. The van der Waals surface area contributed by atoms with Gasteiger partial charge in [-0.05, 0) is 133 Å². The molecule has 0 aliphatic heterocycles. The van der Waals surface area contributed by atoms with Crippen LogP contribution in [0.5, 0.6) is 126 Å². The van der Waals surface area contributed by atoms with Gasteiger partial charge in [-0.15, -0.1) is 0 Å². The second kappa shape index (κ2) is 32.6. The van der Waals surface area contributed by atoms with Crippen molar-refractivity contribution < 1.29 is 104 Å². The lowest BCUT2D eigenvalue weighted by molar-refractivity contribution is 0.396. The summed E-state index contributed by atoms with van der Waals surface area (Å²) in [6, 6.07) is 41.4. The lowest BCUT2D eigenvalue weighted by atomic mass is 9.90. The zero-order valence-corrected chi connectivity index (χ0v) is 65.7. The van der Waals surface area contributed by atoms with E-state index in [1.54, 1.807) is 156 Å². The van der Waals surface area contributed by atoms with E-state index in [2.05, 4.69) is 0 Å². The molecule has 0 fully saturated rings. The molecule has 110 heavy (non-hydrogen) atoms. The fourth-order valence-corrected chi connectivity index (χ4v) is 14.5. The Morgan fingerprint density at radius 3 is 0.145 bits per heavy atom. The fourth-order valence-electron chi connectivity index (χ4n) is 14.5. The molecular weight excluding hydrogens is 1410 g/mol. The van der Waals surface area contributed by atoms with Crippen LogP contribution in [0.25, 0.3) is 122 Å². The van der Waals surface area contributed by atoms with Gasteiger partial charge >= 0.3 is 0 Å². The molecule has 22 nitrogen and oxygen atoms in total. The minimum absolute atomic E-state index is 0.465. The monoisotopic (exact) mass is 1500 g/mol. The minimum atomic E-state index is 0.465. The SMILES string of the molecule is COc1cc2c(OC)cc1-c1cc(OC)c(cc1OC)-c1cc(OC)c(cc1OC)-c1cc(OC)c(cc1OC)-c1cc(OC)c(cc1OC)-c1cc(OC)c(cc1OC)-c1cc(OC)c(cc1OC)-c1cc(OC)c(cc1OC)-c1cc(OC)c(cc1OC)-c1cc(OC)c(cc1OC)-c1cc(OC)c-2cc1OC. The Kier molecular flexibility index (Phi) is 22.7. The first-order valence-electron chi connectivity index (χ1n) is 34.4. The van der Waals surface area contributed by atoms with Gasteiger partial charge in [0.25, 0.3) is 0 Å². The maximum absolute atomic E-state index is 6.27. The third-order valence-corrected chi connectivity index (χ3v) is 19.9. The van der Waals surface area contributed by atoms with Crippen molar-refractivity contribution in [3.63, 3.8) is 0 Å². The van der Waals surface area contributed by atoms with E-state index in [4.69, 9.17) is 104 Å². The second-order valence-corrected chi connectivity index (χ2v) is 24.8. The van der Waals surface area contributed by atoms with Crippen LogP contribution in [0, 0.1) is 0 Å². The molecule has 11 aromatic carbocycles. The Bertz CT molecular complexity index is 3870. The summed E-state index contributed by atoms with van der Waals surface area (Å²) in [5.74, 6) is 10.2. The van der Waals surface area contributed by atoms with E-state index in [-0.39, 0.29) is 0 Å². The van der Waals surface area contributed by atoms with Crippen molar-refractivity contribution in [3.8, 4) is 249 Å². The van der Waals surface area contributed by atoms with Crippen LogP contribution in [0.1, 0.15) is 0 Å². The van der Waals surface area contributed by atoms with Gasteiger partial charge < -0.3 is 104 Å². The van der Waals surface area contributed by atoms with Gasteiger partial charge in [0.2, 0.25) is 0 Å². The van der Waals surface area contributed by atoms with E-state index in [0.717, 1.165) is 0 Å².